The van der Waals surface area contributed by atoms with Crippen LogP contribution < -0.4 is 10.4 Å². The number of hydrogen-bond donors (Lipinski definition) is 0. The van der Waals surface area contributed by atoms with E-state index in [2.05, 4.69) is 0 Å². The van der Waals surface area contributed by atoms with Crippen molar-refractivity contribution in [1.82, 2.24) is 0 Å². The number of aryl methyl sites for hydroxylation is 2. The van der Waals surface area contributed by atoms with Gasteiger partial charge in [-0.3, -0.25) is 0 Å². The van der Waals surface area contributed by atoms with Gasteiger partial charge >= 0.3 is 11.6 Å². The zero-order valence-electron chi connectivity index (χ0n) is 15.0. The average Bonchev–Trinajstić information content (AvgIpc) is 2.85. The first-order valence-electron chi connectivity index (χ1n) is 8.94. The zero-order chi connectivity index (χ0) is 18.0. The molecule has 1 aliphatic carbocycles. The normalized spacial score (nSPS) is 15.3. The number of carbonyl (C=O) groups excluding carboxylic acids is 1. The molecular weight excluding hydrogens is 320 g/mol. The molecule has 25 heavy (non-hydrogen) atoms. The lowest BCUT2D eigenvalue weighted by atomic mass is 9.98. The van der Waals surface area contributed by atoms with Gasteiger partial charge in [-0.2, -0.15) is 0 Å². The summed E-state index contributed by atoms with van der Waals surface area (Å²) in [6.07, 6.45) is 4.21. The fraction of sp³-hybridized carbons (Fsp3) is 0.500. The van der Waals surface area contributed by atoms with Crippen molar-refractivity contribution in [2.45, 2.75) is 59.0 Å². The van der Waals surface area contributed by atoms with Crippen molar-refractivity contribution in [3.63, 3.8) is 0 Å². The van der Waals surface area contributed by atoms with Gasteiger partial charge in [-0.05, 0) is 64.2 Å². The van der Waals surface area contributed by atoms with Crippen molar-refractivity contribution in [2.75, 3.05) is 6.61 Å². The smallest absolute Gasteiger partial charge is 0.347 e. The molecule has 0 unspecified atom stereocenters. The van der Waals surface area contributed by atoms with E-state index < -0.39 is 12.1 Å². The van der Waals surface area contributed by atoms with Crippen LogP contribution in [0.1, 0.15) is 49.8 Å². The van der Waals surface area contributed by atoms with Crippen LogP contribution in [0, 0.1) is 6.92 Å². The summed E-state index contributed by atoms with van der Waals surface area (Å²) in [5.41, 5.74) is 2.97. The van der Waals surface area contributed by atoms with Crippen molar-refractivity contribution in [1.29, 1.82) is 0 Å². The van der Waals surface area contributed by atoms with Crippen LogP contribution in [0.3, 0.4) is 0 Å². The Morgan fingerprint density at radius 2 is 1.92 bits per heavy atom. The van der Waals surface area contributed by atoms with E-state index in [9.17, 15) is 9.59 Å². The molecule has 0 bridgehead atoms. The topological polar surface area (TPSA) is 65.7 Å². The number of benzene rings is 1. The number of fused-ring (bicyclic) bond motifs is 3. The minimum atomic E-state index is -0.719. The van der Waals surface area contributed by atoms with E-state index in [1.54, 1.807) is 13.8 Å². The molecule has 0 spiro atoms. The summed E-state index contributed by atoms with van der Waals surface area (Å²) in [6, 6.07) is 3.78. The van der Waals surface area contributed by atoms with Crippen molar-refractivity contribution in [3.05, 3.63) is 39.2 Å². The Morgan fingerprint density at radius 1 is 1.20 bits per heavy atom. The van der Waals surface area contributed by atoms with Gasteiger partial charge in [-0.15, -0.1) is 0 Å². The Balaban J connectivity index is 2.03. The van der Waals surface area contributed by atoms with Gasteiger partial charge in [0.05, 0.1) is 6.61 Å². The van der Waals surface area contributed by atoms with Crippen molar-refractivity contribution in [2.24, 2.45) is 0 Å². The first-order valence-corrected chi connectivity index (χ1v) is 8.94. The molecule has 0 N–H and O–H groups in total. The summed E-state index contributed by atoms with van der Waals surface area (Å²) in [7, 11) is 0. The summed E-state index contributed by atoms with van der Waals surface area (Å²) in [5.74, 6) is 0.121. The van der Waals surface area contributed by atoms with E-state index in [-0.39, 0.29) is 5.63 Å². The third kappa shape index (κ3) is 3.41. The Bertz CT molecular complexity index is 849. The maximum absolute atomic E-state index is 12.4. The zero-order valence-corrected chi connectivity index (χ0v) is 15.0. The largest absolute Gasteiger partial charge is 0.479 e. The quantitative estimate of drug-likeness (QED) is 0.481. The molecule has 0 radical (unpaired) electrons. The Hall–Kier alpha value is -2.30. The van der Waals surface area contributed by atoms with Crippen LogP contribution in [0.2, 0.25) is 0 Å². The summed E-state index contributed by atoms with van der Waals surface area (Å²) in [6.45, 7) is 5.56. The molecule has 1 atom stereocenters. The predicted molar refractivity (Wildman–Crippen MR) is 95.2 cm³/mol. The molecule has 5 heteroatoms. The van der Waals surface area contributed by atoms with Gasteiger partial charge in [-0.25, -0.2) is 9.59 Å². The van der Waals surface area contributed by atoms with Crippen LogP contribution in [0.4, 0.5) is 0 Å². The first-order chi connectivity index (χ1) is 12.0. The van der Waals surface area contributed by atoms with Gasteiger partial charge in [0.1, 0.15) is 11.3 Å². The number of esters is 1. The maximum Gasteiger partial charge on any atom is 0.347 e. The lowest BCUT2D eigenvalue weighted by Crippen LogP contribution is -2.26. The molecular formula is C20H24O5. The van der Waals surface area contributed by atoms with Gasteiger partial charge in [0.15, 0.2) is 6.10 Å². The van der Waals surface area contributed by atoms with Crippen LogP contribution in [0.5, 0.6) is 5.75 Å². The molecule has 134 valence electrons. The van der Waals surface area contributed by atoms with E-state index >= 15 is 0 Å². The van der Waals surface area contributed by atoms with Crippen molar-refractivity contribution >= 4 is 16.9 Å². The van der Waals surface area contributed by atoms with Crippen LogP contribution in [-0.4, -0.2) is 18.7 Å². The molecule has 5 nitrogen and oxygen atoms in total. The molecule has 0 fully saturated rings. The van der Waals surface area contributed by atoms with Crippen LogP contribution >= 0.6 is 0 Å². The van der Waals surface area contributed by atoms with Crippen LogP contribution in [-0.2, 0) is 22.4 Å². The second kappa shape index (κ2) is 7.30. The average molecular weight is 344 g/mol. The molecule has 0 aliphatic heterocycles. The first kappa shape index (κ1) is 17.5. The molecule has 0 saturated carbocycles. The minimum absolute atomic E-state index is 0.247. The maximum atomic E-state index is 12.4. The summed E-state index contributed by atoms with van der Waals surface area (Å²) in [4.78, 5) is 24.2. The lowest BCUT2D eigenvalue weighted by Gasteiger charge is -2.17. The second-order valence-electron chi connectivity index (χ2n) is 6.48. The molecule has 0 amide bonds. The van der Waals surface area contributed by atoms with E-state index in [1.165, 1.54) is 0 Å². The Labute approximate surface area is 146 Å². The highest BCUT2D eigenvalue weighted by Crippen LogP contribution is 2.32. The lowest BCUT2D eigenvalue weighted by molar-refractivity contribution is -0.150. The number of rotatable bonds is 4. The van der Waals surface area contributed by atoms with Gasteiger partial charge in [0, 0.05) is 16.5 Å². The highest BCUT2D eigenvalue weighted by atomic mass is 16.6. The van der Waals surface area contributed by atoms with E-state index in [1.807, 2.05) is 19.1 Å². The van der Waals surface area contributed by atoms with Crippen LogP contribution in [0.25, 0.3) is 11.0 Å². The van der Waals surface area contributed by atoms with Crippen LogP contribution in [0.15, 0.2) is 21.3 Å². The third-order valence-corrected chi connectivity index (χ3v) is 4.76. The monoisotopic (exact) mass is 344 g/mol. The third-order valence-electron chi connectivity index (χ3n) is 4.76. The highest BCUT2D eigenvalue weighted by molar-refractivity contribution is 5.86. The van der Waals surface area contributed by atoms with Gasteiger partial charge < -0.3 is 13.9 Å². The number of ether oxygens (including phenoxy) is 2. The van der Waals surface area contributed by atoms with E-state index in [0.29, 0.717) is 17.9 Å². The van der Waals surface area contributed by atoms with Crippen molar-refractivity contribution in [3.8, 4) is 5.75 Å². The molecule has 3 rings (SSSR count). The highest BCUT2D eigenvalue weighted by Gasteiger charge is 2.21. The van der Waals surface area contributed by atoms with Gasteiger partial charge in [0.2, 0.25) is 0 Å². The molecule has 1 aromatic heterocycles. The SMILES string of the molecule is CCOC(=O)[C@@H](C)Oc1ccc2c3c(c(=O)oc2c1C)CCCCC3. The second-order valence-corrected chi connectivity index (χ2v) is 6.48. The summed E-state index contributed by atoms with van der Waals surface area (Å²) >= 11 is 0. The molecule has 1 aliphatic rings. The predicted octanol–water partition coefficient (Wildman–Crippen LogP) is 3.70. The molecule has 1 heterocycles. The van der Waals surface area contributed by atoms with E-state index in [0.717, 1.165) is 54.2 Å². The standard InChI is InChI=1S/C20H24O5/c1-4-23-19(21)13(3)24-17-11-10-15-14-8-6-5-7-9-16(14)20(22)25-18(15)12(17)2/h10-11,13H,4-9H2,1-3H3/t13-/m1/s1. The summed E-state index contributed by atoms with van der Waals surface area (Å²) < 4.78 is 16.3. The van der Waals surface area contributed by atoms with Crippen molar-refractivity contribution < 1.29 is 18.7 Å². The van der Waals surface area contributed by atoms with E-state index in [4.69, 9.17) is 13.9 Å². The Kier molecular flexibility index (Phi) is 5.11. The number of carbonyl (C=O) groups is 1. The molecule has 1 aromatic carbocycles. The summed E-state index contributed by atoms with van der Waals surface area (Å²) in [5, 5.41) is 0.977. The molecule has 2 aromatic rings. The molecule has 0 saturated heterocycles. The van der Waals surface area contributed by atoms with Gasteiger partial charge in [0.25, 0.3) is 0 Å². The minimum Gasteiger partial charge on any atom is -0.479 e. The van der Waals surface area contributed by atoms with Gasteiger partial charge in [-0.1, -0.05) is 6.42 Å². The fourth-order valence-electron chi connectivity index (χ4n) is 3.43. The number of hydrogen-bond acceptors (Lipinski definition) is 5. The Morgan fingerprint density at radius 3 is 2.64 bits per heavy atom. The fourth-order valence-corrected chi connectivity index (χ4v) is 3.43.